The number of halogens is 3. The van der Waals surface area contributed by atoms with Crippen LogP contribution in [0.25, 0.3) is 10.9 Å². The first kappa shape index (κ1) is 12.6. The molecule has 0 aliphatic carbocycles. The van der Waals surface area contributed by atoms with Crippen molar-refractivity contribution in [2.45, 2.75) is 6.92 Å². The van der Waals surface area contributed by atoms with Gasteiger partial charge in [0.05, 0.1) is 17.1 Å². The lowest BCUT2D eigenvalue weighted by molar-refractivity contribution is 0.0518. The van der Waals surface area contributed by atoms with Crippen molar-refractivity contribution in [2.24, 2.45) is 0 Å². The maximum Gasteiger partial charge on any atom is 0.360 e. The summed E-state index contributed by atoms with van der Waals surface area (Å²) in [5.74, 6) is -2.90. The van der Waals surface area contributed by atoms with Crippen LogP contribution in [0.2, 0.25) is 5.02 Å². The average molecular weight is 273 g/mol. The van der Waals surface area contributed by atoms with E-state index in [1.807, 2.05) is 0 Å². The van der Waals surface area contributed by atoms with Crippen LogP contribution >= 0.6 is 11.6 Å². The number of rotatable bonds is 2. The van der Waals surface area contributed by atoms with E-state index in [2.05, 4.69) is 10.2 Å². The van der Waals surface area contributed by atoms with Gasteiger partial charge in [0.1, 0.15) is 0 Å². The molecular formula is C11H7ClF2N2O2. The fourth-order valence-electron chi connectivity index (χ4n) is 1.40. The zero-order valence-corrected chi connectivity index (χ0v) is 9.96. The van der Waals surface area contributed by atoms with Crippen molar-refractivity contribution in [3.63, 3.8) is 0 Å². The molecule has 0 saturated heterocycles. The number of carbonyl (C=O) groups is 1. The second kappa shape index (κ2) is 4.81. The molecule has 0 atom stereocenters. The first-order valence-electron chi connectivity index (χ1n) is 5.02. The van der Waals surface area contributed by atoms with Gasteiger partial charge in [-0.1, -0.05) is 11.6 Å². The number of aromatic nitrogens is 2. The summed E-state index contributed by atoms with van der Waals surface area (Å²) in [6.45, 7) is 1.77. The predicted octanol–water partition coefficient (Wildman–Crippen LogP) is 2.74. The van der Waals surface area contributed by atoms with Crippen molar-refractivity contribution in [2.75, 3.05) is 6.61 Å². The average Bonchev–Trinajstić information content (AvgIpc) is 2.32. The minimum atomic E-state index is -1.08. The monoisotopic (exact) mass is 272 g/mol. The van der Waals surface area contributed by atoms with Crippen LogP contribution in [-0.4, -0.2) is 22.8 Å². The topological polar surface area (TPSA) is 52.1 Å². The quantitative estimate of drug-likeness (QED) is 0.789. The highest BCUT2D eigenvalue weighted by Gasteiger charge is 2.18. The third-order valence-corrected chi connectivity index (χ3v) is 2.59. The third-order valence-electron chi connectivity index (χ3n) is 2.21. The third kappa shape index (κ3) is 2.11. The molecule has 0 bridgehead atoms. The minimum Gasteiger partial charge on any atom is -0.461 e. The van der Waals surface area contributed by atoms with Crippen molar-refractivity contribution in [3.8, 4) is 0 Å². The van der Waals surface area contributed by atoms with E-state index >= 15 is 0 Å². The fraction of sp³-hybridized carbons (Fsp3) is 0.182. The van der Waals surface area contributed by atoms with Gasteiger partial charge >= 0.3 is 5.97 Å². The van der Waals surface area contributed by atoms with Gasteiger partial charge in [0.2, 0.25) is 0 Å². The number of hydrogen-bond acceptors (Lipinski definition) is 4. The first-order chi connectivity index (χ1) is 8.54. The summed E-state index contributed by atoms with van der Waals surface area (Å²) in [5, 5.41) is 7.15. The molecule has 0 aliphatic heterocycles. The Morgan fingerprint density at radius 1 is 1.33 bits per heavy atom. The van der Waals surface area contributed by atoms with E-state index in [-0.39, 0.29) is 28.2 Å². The van der Waals surface area contributed by atoms with Crippen molar-refractivity contribution in [3.05, 3.63) is 34.5 Å². The first-order valence-corrected chi connectivity index (χ1v) is 5.40. The highest BCUT2D eigenvalue weighted by molar-refractivity contribution is 6.37. The number of hydrogen-bond donors (Lipinski definition) is 0. The number of ether oxygens (including phenoxy) is 1. The normalized spacial score (nSPS) is 10.7. The van der Waals surface area contributed by atoms with Gasteiger partial charge in [0.25, 0.3) is 0 Å². The molecule has 0 unspecified atom stereocenters. The molecule has 0 amide bonds. The Morgan fingerprint density at radius 3 is 2.67 bits per heavy atom. The van der Waals surface area contributed by atoms with E-state index in [1.165, 1.54) is 0 Å². The van der Waals surface area contributed by atoms with Gasteiger partial charge in [-0.3, -0.25) is 0 Å². The van der Waals surface area contributed by atoms with E-state index < -0.39 is 17.6 Å². The summed E-state index contributed by atoms with van der Waals surface area (Å²) >= 11 is 5.90. The molecule has 0 radical (unpaired) electrons. The second-order valence-electron chi connectivity index (χ2n) is 3.37. The molecule has 2 aromatic rings. The zero-order valence-electron chi connectivity index (χ0n) is 9.21. The van der Waals surface area contributed by atoms with Gasteiger partial charge in [-0.25, -0.2) is 13.6 Å². The molecule has 1 aromatic heterocycles. The summed E-state index contributed by atoms with van der Waals surface area (Å²) in [5.41, 5.74) is -0.163. The minimum absolute atomic E-state index is 0.0620. The highest BCUT2D eigenvalue weighted by atomic mass is 35.5. The van der Waals surface area contributed by atoms with Gasteiger partial charge in [-0.15, -0.1) is 10.2 Å². The van der Waals surface area contributed by atoms with Crippen LogP contribution in [-0.2, 0) is 4.74 Å². The van der Waals surface area contributed by atoms with E-state index in [4.69, 9.17) is 16.3 Å². The zero-order chi connectivity index (χ0) is 13.3. The van der Waals surface area contributed by atoms with Crippen LogP contribution in [0.1, 0.15) is 17.4 Å². The molecule has 0 fully saturated rings. The molecular weight excluding hydrogens is 266 g/mol. The van der Waals surface area contributed by atoms with E-state index in [9.17, 15) is 13.6 Å². The lowest BCUT2D eigenvalue weighted by atomic mass is 10.2. The molecule has 94 valence electrons. The summed E-state index contributed by atoms with van der Waals surface area (Å²) in [7, 11) is 0. The van der Waals surface area contributed by atoms with Gasteiger partial charge in [-0.05, 0) is 13.0 Å². The number of esters is 1. The van der Waals surface area contributed by atoms with Crippen molar-refractivity contribution < 1.29 is 18.3 Å². The largest absolute Gasteiger partial charge is 0.461 e. The summed E-state index contributed by atoms with van der Waals surface area (Å²) in [6, 6.07) is 1.73. The number of benzene rings is 1. The van der Waals surface area contributed by atoms with Crippen LogP contribution in [0.3, 0.4) is 0 Å². The van der Waals surface area contributed by atoms with Crippen LogP contribution in [0.5, 0.6) is 0 Å². The van der Waals surface area contributed by atoms with Gasteiger partial charge in [0.15, 0.2) is 17.3 Å². The molecule has 18 heavy (non-hydrogen) atoms. The second-order valence-corrected chi connectivity index (χ2v) is 3.74. The lowest BCUT2D eigenvalue weighted by Crippen LogP contribution is -2.09. The Hall–Kier alpha value is -1.82. The predicted molar refractivity (Wildman–Crippen MR) is 60.4 cm³/mol. The maximum atomic E-state index is 13.1. The maximum absolute atomic E-state index is 13.1. The lowest BCUT2D eigenvalue weighted by Gasteiger charge is -2.05. The summed E-state index contributed by atoms with van der Waals surface area (Å²) in [4.78, 5) is 11.5. The van der Waals surface area contributed by atoms with Crippen molar-refractivity contribution >= 4 is 28.5 Å². The molecule has 4 nitrogen and oxygen atoms in total. The Bertz CT molecular complexity index is 634. The van der Waals surface area contributed by atoms with E-state index in [1.54, 1.807) is 6.92 Å². The summed E-state index contributed by atoms with van der Waals surface area (Å²) in [6.07, 6.45) is 0. The van der Waals surface area contributed by atoms with Gasteiger partial charge in [-0.2, -0.15) is 0 Å². The molecule has 0 N–H and O–H groups in total. The molecule has 1 aromatic carbocycles. The fourth-order valence-corrected chi connectivity index (χ4v) is 1.67. The molecule has 7 heteroatoms. The Morgan fingerprint density at radius 2 is 2.00 bits per heavy atom. The van der Waals surface area contributed by atoms with Gasteiger partial charge in [0, 0.05) is 11.5 Å². The standard InChI is InChI=1S/C11H7ClF2N2O2/c1-2-18-11(17)10-9(12)5-3-6(13)7(14)4-8(5)15-16-10/h3-4H,2H2,1H3. The smallest absolute Gasteiger partial charge is 0.360 e. The Kier molecular flexibility index (Phi) is 3.38. The van der Waals surface area contributed by atoms with Crippen LogP contribution in [0.15, 0.2) is 12.1 Å². The highest BCUT2D eigenvalue weighted by Crippen LogP contribution is 2.26. The van der Waals surface area contributed by atoms with Crippen LogP contribution in [0, 0.1) is 11.6 Å². The van der Waals surface area contributed by atoms with Gasteiger partial charge < -0.3 is 4.74 Å². The summed E-state index contributed by atoms with van der Waals surface area (Å²) < 4.78 is 30.8. The van der Waals surface area contributed by atoms with Crippen molar-refractivity contribution in [1.29, 1.82) is 0 Å². The molecule has 0 saturated carbocycles. The van der Waals surface area contributed by atoms with Crippen molar-refractivity contribution in [1.82, 2.24) is 10.2 Å². The Labute approximate surface area is 106 Å². The SMILES string of the molecule is CCOC(=O)c1nnc2cc(F)c(F)cc2c1Cl. The van der Waals surface area contributed by atoms with Crippen LogP contribution < -0.4 is 0 Å². The molecule has 2 rings (SSSR count). The molecule has 0 aliphatic rings. The number of carbonyl (C=O) groups excluding carboxylic acids is 1. The van der Waals surface area contributed by atoms with E-state index in [0.717, 1.165) is 12.1 Å². The molecule has 0 spiro atoms. The number of nitrogens with zero attached hydrogens (tertiary/aromatic N) is 2. The van der Waals surface area contributed by atoms with E-state index in [0.29, 0.717) is 0 Å². The Balaban J connectivity index is 2.63. The number of fused-ring (bicyclic) bond motifs is 1. The van der Waals surface area contributed by atoms with Crippen LogP contribution in [0.4, 0.5) is 8.78 Å². The molecule has 1 heterocycles.